The van der Waals surface area contributed by atoms with E-state index in [0.717, 1.165) is 24.7 Å². The topological polar surface area (TPSA) is 12.0 Å². The number of nitrogens with one attached hydrogen (secondary N) is 1. The number of hydrogen-bond acceptors (Lipinski definition) is 1. The summed E-state index contributed by atoms with van der Waals surface area (Å²) in [5.74, 6) is 1.50. The van der Waals surface area contributed by atoms with Crippen molar-refractivity contribution >= 4 is 0 Å². The Morgan fingerprint density at radius 1 is 1.17 bits per heavy atom. The predicted octanol–water partition coefficient (Wildman–Crippen LogP) is 4.52. The second-order valence-electron chi connectivity index (χ2n) is 6.04. The van der Waals surface area contributed by atoms with Crippen LogP contribution in [-0.2, 0) is 0 Å². The summed E-state index contributed by atoms with van der Waals surface area (Å²) in [6.45, 7) is 6.56. The molecule has 18 heavy (non-hydrogen) atoms. The van der Waals surface area contributed by atoms with Crippen molar-refractivity contribution in [2.45, 2.75) is 77.6 Å². The molecule has 0 aromatic carbocycles. The van der Waals surface area contributed by atoms with E-state index in [2.05, 4.69) is 19.2 Å². The van der Waals surface area contributed by atoms with Crippen molar-refractivity contribution in [2.75, 3.05) is 0 Å². The molecule has 4 unspecified atom stereocenters. The minimum Gasteiger partial charge on any atom is -0.311 e. The van der Waals surface area contributed by atoms with Gasteiger partial charge >= 0.3 is 6.18 Å². The third kappa shape index (κ3) is 6.07. The third-order valence-electron chi connectivity index (χ3n) is 4.22. The molecule has 1 aliphatic rings. The van der Waals surface area contributed by atoms with Gasteiger partial charge in [-0.25, -0.2) is 0 Å². The van der Waals surface area contributed by atoms with E-state index in [1.807, 2.05) is 6.92 Å². The van der Waals surface area contributed by atoms with Crippen molar-refractivity contribution in [3.63, 3.8) is 0 Å². The van der Waals surface area contributed by atoms with Gasteiger partial charge in [-0.1, -0.05) is 13.8 Å². The van der Waals surface area contributed by atoms with Gasteiger partial charge in [-0.15, -0.1) is 0 Å². The summed E-state index contributed by atoms with van der Waals surface area (Å²) in [5, 5.41) is 3.49. The second-order valence-corrected chi connectivity index (χ2v) is 6.04. The fourth-order valence-electron chi connectivity index (χ4n) is 2.79. The van der Waals surface area contributed by atoms with Crippen LogP contribution in [0.1, 0.15) is 59.3 Å². The molecule has 0 spiro atoms. The van der Waals surface area contributed by atoms with Crippen LogP contribution in [0, 0.1) is 11.8 Å². The zero-order valence-electron chi connectivity index (χ0n) is 11.7. The monoisotopic (exact) mass is 265 g/mol. The number of rotatable bonds is 5. The Balaban J connectivity index is 2.18. The molecule has 1 nitrogen and oxygen atoms in total. The molecule has 1 rings (SSSR count). The van der Waals surface area contributed by atoms with Gasteiger partial charge in [-0.3, -0.25) is 0 Å². The molecule has 1 saturated carbocycles. The molecule has 1 N–H and O–H groups in total. The minimum absolute atomic E-state index is 0.193. The Labute approximate surface area is 109 Å². The quantitative estimate of drug-likeness (QED) is 0.770. The van der Waals surface area contributed by atoms with Crippen molar-refractivity contribution < 1.29 is 13.2 Å². The average Bonchev–Trinajstić information content (AvgIpc) is 2.21. The normalized spacial score (nSPS) is 31.3. The van der Waals surface area contributed by atoms with Gasteiger partial charge in [-0.2, -0.15) is 13.2 Å². The fourth-order valence-corrected chi connectivity index (χ4v) is 2.79. The summed E-state index contributed by atoms with van der Waals surface area (Å²) < 4.78 is 36.1. The molecule has 1 aliphatic carbocycles. The molecular weight excluding hydrogens is 239 g/mol. The van der Waals surface area contributed by atoms with E-state index in [1.165, 1.54) is 6.42 Å². The average molecular weight is 265 g/mol. The van der Waals surface area contributed by atoms with Crippen LogP contribution in [0.15, 0.2) is 0 Å². The Bertz CT molecular complexity index is 240. The third-order valence-corrected chi connectivity index (χ3v) is 4.22. The lowest BCUT2D eigenvalue weighted by Crippen LogP contribution is -2.41. The maximum absolute atomic E-state index is 12.0. The lowest BCUT2D eigenvalue weighted by atomic mass is 9.79. The van der Waals surface area contributed by atoms with Crippen molar-refractivity contribution in [2.24, 2.45) is 11.8 Å². The van der Waals surface area contributed by atoms with E-state index in [9.17, 15) is 13.2 Å². The molecule has 0 aromatic rings. The van der Waals surface area contributed by atoms with Crippen LogP contribution in [0.25, 0.3) is 0 Å². The molecule has 4 heteroatoms. The molecule has 0 radical (unpaired) electrons. The van der Waals surface area contributed by atoms with E-state index >= 15 is 0 Å². The minimum atomic E-state index is -4.01. The summed E-state index contributed by atoms with van der Waals surface area (Å²) in [6.07, 6.45) is -0.268. The molecule has 0 aromatic heterocycles. The number of halogens is 3. The maximum Gasteiger partial charge on any atom is 0.389 e. The highest BCUT2D eigenvalue weighted by Crippen LogP contribution is 2.30. The van der Waals surface area contributed by atoms with Gasteiger partial charge in [0.05, 0.1) is 0 Å². The van der Waals surface area contributed by atoms with Crippen molar-refractivity contribution in [1.29, 1.82) is 0 Å². The highest BCUT2D eigenvalue weighted by Gasteiger charge is 2.27. The molecule has 0 saturated heterocycles. The Kier molecular flexibility index (Phi) is 5.96. The first-order valence-electron chi connectivity index (χ1n) is 7.10. The van der Waals surface area contributed by atoms with Crippen LogP contribution in [0.3, 0.4) is 0 Å². The standard InChI is InChI=1S/C14H26F3N/c1-10-6-7-13(9-11(10)2)18-12(3)5-4-8-14(15,16)17/h10-13,18H,4-9H2,1-3H3. The number of alkyl halides is 3. The maximum atomic E-state index is 12.0. The van der Waals surface area contributed by atoms with Crippen LogP contribution in [0.4, 0.5) is 13.2 Å². The molecule has 1 fully saturated rings. The SMILES string of the molecule is CC(CCCC(F)(F)F)NC1CCC(C)C(C)C1. The second kappa shape index (κ2) is 6.78. The molecule has 0 amide bonds. The molecule has 4 atom stereocenters. The fraction of sp³-hybridized carbons (Fsp3) is 1.00. The molecule has 0 aliphatic heterocycles. The highest BCUT2D eigenvalue weighted by atomic mass is 19.4. The molecular formula is C14H26F3N. The Morgan fingerprint density at radius 3 is 2.39 bits per heavy atom. The number of hydrogen-bond donors (Lipinski definition) is 1. The first-order valence-corrected chi connectivity index (χ1v) is 7.10. The van der Waals surface area contributed by atoms with Crippen LogP contribution in [0.5, 0.6) is 0 Å². The van der Waals surface area contributed by atoms with Gasteiger partial charge in [0.15, 0.2) is 0 Å². The lowest BCUT2D eigenvalue weighted by Gasteiger charge is -2.34. The Hall–Kier alpha value is -0.250. The van der Waals surface area contributed by atoms with Gasteiger partial charge in [0.1, 0.15) is 0 Å². The van der Waals surface area contributed by atoms with Crippen LogP contribution in [0.2, 0.25) is 0 Å². The van der Waals surface area contributed by atoms with E-state index in [-0.39, 0.29) is 12.5 Å². The highest BCUT2D eigenvalue weighted by molar-refractivity contribution is 4.81. The van der Waals surface area contributed by atoms with Crippen molar-refractivity contribution in [3.8, 4) is 0 Å². The summed E-state index contributed by atoms with van der Waals surface area (Å²) in [7, 11) is 0. The van der Waals surface area contributed by atoms with E-state index in [1.54, 1.807) is 0 Å². The van der Waals surface area contributed by atoms with E-state index in [0.29, 0.717) is 12.5 Å². The van der Waals surface area contributed by atoms with Crippen LogP contribution >= 0.6 is 0 Å². The summed E-state index contributed by atoms with van der Waals surface area (Å²) in [4.78, 5) is 0. The Morgan fingerprint density at radius 2 is 1.83 bits per heavy atom. The van der Waals surface area contributed by atoms with E-state index < -0.39 is 12.6 Å². The van der Waals surface area contributed by atoms with Gasteiger partial charge in [0.2, 0.25) is 0 Å². The van der Waals surface area contributed by atoms with Crippen molar-refractivity contribution in [1.82, 2.24) is 5.32 Å². The smallest absolute Gasteiger partial charge is 0.311 e. The van der Waals surface area contributed by atoms with E-state index in [4.69, 9.17) is 0 Å². The lowest BCUT2D eigenvalue weighted by molar-refractivity contribution is -0.135. The zero-order valence-corrected chi connectivity index (χ0v) is 11.7. The zero-order chi connectivity index (χ0) is 13.8. The summed E-state index contributed by atoms with van der Waals surface area (Å²) in [5.41, 5.74) is 0. The molecule has 108 valence electrons. The van der Waals surface area contributed by atoms with Gasteiger partial charge < -0.3 is 5.32 Å². The first-order chi connectivity index (χ1) is 8.28. The molecule has 0 heterocycles. The first kappa shape index (κ1) is 15.8. The summed E-state index contributed by atoms with van der Waals surface area (Å²) >= 11 is 0. The van der Waals surface area contributed by atoms with Crippen LogP contribution < -0.4 is 5.32 Å². The van der Waals surface area contributed by atoms with Crippen LogP contribution in [-0.4, -0.2) is 18.3 Å². The van der Waals surface area contributed by atoms with Gasteiger partial charge in [-0.05, 0) is 50.9 Å². The largest absolute Gasteiger partial charge is 0.389 e. The molecule has 0 bridgehead atoms. The van der Waals surface area contributed by atoms with Gasteiger partial charge in [0, 0.05) is 18.5 Å². The predicted molar refractivity (Wildman–Crippen MR) is 68.5 cm³/mol. The van der Waals surface area contributed by atoms with Crippen molar-refractivity contribution in [3.05, 3.63) is 0 Å². The summed E-state index contributed by atoms with van der Waals surface area (Å²) in [6, 6.07) is 0.690. The van der Waals surface area contributed by atoms with Gasteiger partial charge in [0.25, 0.3) is 0 Å².